The molecule has 3 aromatic rings. The van der Waals surface area contributed by atoms with Crippen LogP contribution >= 0.6 is 0 Å². The van der Waals surface area contributed by atoms with Crippen LogP contribution in [0.3, 0.4) is 0 Å². The molecule has 6 heteroatoms. The van der Waals surface area contributed by atoms with E-state index < -0.39 is 15.9 Å². The number of sulfone groups is 1. The van der Waals surface area contributed by atoms with Crippen molar-refractivity contribution in [2.75, 3.05) is 0 Å². The van der Waals surface area contributed by atoms with Crippen molar-refractivity contribution in [3.8, 4) is 0 Å². The minimum Gasteiger partial charge on any atom is -0.346 e. The number of carbonyl (C=O) groups excluding carboxylic acids is 1. The molecule has 1 N–H and O–H groups in total. The molecule has 1 heterocycles. The lowest BCUT2D eigenvalue weighted by atomic mass is 10.0. The summed E-state index contributed by atoms with van der Waals surface area (Å²) in [4.78, 5) is 17.5. The van der Waals surface area contributed by atoms with Crippen LogP contribution in [-0.4, -0.2) is 25.4 Å². The zero-order valence-corrected chi connectivity index (χ0v) is 17.3. The summed E-state index contributed by atoms with van der Waals surface area (Å²) in [6.45, 7) is 4.05. The summed E-state index contributed by atoms with van der Waals surface area (Å²) in [5.41, 5.74) is 1.09. The number of aromatic nitrogens is 1. The molecule has 0 radical (unpaired) electrons. The highest BCUT2D eigenvalue weighted by Crippen LogP contribution is 2.17. The van der Waals surface area contributed by atoms with Crippen LogP contribution in [0.15, 0.2) is 83.2 Å². The molecule has 150 valence electrons. The molecule has 0 saturated heterocycles. The molecule has 0 spiro atoms. The van der Waals surface area contributed by atoms with Gasteiger partial charge in [-0.3, -0.25) is 9.78 Å². The first-order valence-corrected chi connectivity index (χ1v) is 11.0. The first kappa shape index (κ1) is 20.7. The Hall–Kier alpha value is -2.99. The van der Waals surface area contributed by atoms with Gasteiger partial charge in [-0.15, -0.1) is 0 Å². The Bertz CT molecular complexity index is 1120. The number of hydrogen-bond donors (Lipinski definition) is 1. The highest BCUT2D eigenvalue weighted by molar-refractivity contribution is 7.94. The molecular formula is C23H24N2O3S. The van der Waals surface area contributed by atoms with Gasteiger partial charge in [0.15, 0.2) is 9.84 Å². The maximum absolute atomic E-state index is 12.9. The first-order valence-electron chi connectivity index (χ1n) is 9.50. The van der Waals surface area contributed by atoms with E-state index in [2.05, 4.69) is 10.3 Å². The van der Waals surface area contributed by atoms with Gasteiger partial charge in [-0.2, -0.15) is 0 Å². The van der Waals surface area contributed by atoms with Gasteiger partial charge in [0.05, 0.1) is 16.0 Å². The van der Waals surface area contributed by atoms with Crippen molar-refractivity contribution in [1.29, 1.82) is 0 Å². The number of amides is 1. The Balaban J connectivity index is 1.85. The predicted molar refractivity (Wildman–Crippen MR) is 115 cm³/mol. The molecule has 0 aliphatic heterocycles. The van der Waals surface area contributed by atoms with Gasteiger partial charge in [-0.1, -0.05) is 56.3 Å². The molecule has 0 aliphatic carbocycles. The molecule has 1 aromatic heterocycles. The third kappa shape index (κ3) is 5.29. The Labute approximate surface area is 171 Å². The smallest absolute Gasteiger partial charge is 0.253 e. The lowest BCUT2D eigenvalue weighted by Gasteiger charge is -2.18. The fourth-order valence-electron chi connectivity index (χ4n) is 3.11. The van der Waals surface area contributed by atoms with E-state index in [4.69, 9.17) is 0 Å². The molecule has 3 rings (SSSR count). The minimum absolute atomic E-state index is 0.226. The molecule has 29 heavy (non-hydrogen) atoms. The van der Waals surface area contributed by atoms with E-state index in [0.717, 1.165) is 5.39 Å². The van der Waals surface area contributed by atoms with Crippen molar-refractivity contribution >= 4 is 26.6 Å². The van der Waals surface area contributed by atoms with Crippen LogP contribution in [0.1, 0.15) is 30.6 Å². The largest absolute Gasteiger partial charge is 0.346 e. The molecule has 0 saturated carbocycles. The molecule has 0 bridgehead atoms. The van der Waals surface area contributed by atoms with Crippen LogP contribution in [0.4, 0.5) is 0 Å². The van der Waals surface area contributed by atoms with Gasteiger partial charge in [-0.25, -0.2) is 8.42 Å². The molecule has 5 nitrogen and oxygen atoms in total. The summed E-state index contributed by atoms with van der Waals surface area (Å²) >= 11 is 0. The Morgan fingerprint density at radius 2 is 1.76 bits per heavy atom. The summed E-state index contributed by atoms with van der Waals surface area (Å²) in [5.74, 6) is -0.00303. The van der Waals surface area contributed by atoms with Crippen molar-refractivity contribution in [2.24, 2.45) is 5.92 Å². The van der Waals surface area contributed by atoms with Gasteiger partial charge in [-0.05, 0) is 36.6 Å². The molecule has 1 atom stereocenters. The number of benzene rings is 2. The zero-order chi connectivity index (χ0) is 20.9. The number of nitrogens with one attached hydrogen (secondary N) is 1. The maximum Gasteiger partial charge on any atom is 0.253 e. The molecular weight excluding hydrogens is 384 g/mol. The normalized spacial score (nSPS) is 13.1. The van der Waals surface area contributed by atoms with Crippen molar-refractivity contribution < 1.29 is 13.2 Å². The Morgan fingerprint density at radius 3 is 2.48 bits per heavy atom. The second-order valence-electron chi connectivity index (χ2n) is 7.28. The van der Waals surface area contributed by atoms with Crippen LogP contribution in [0, 0.1) is 5.92 Å². The number of pyridine rings is 1. The van der Waals surface area contributed by atoms with Gasteiger partial charge in [0.25, 0.3) is 5.91 Å². The number of para-hydroxylation sites is 1. The van der Waals surface area contributed by atoms with Crippen molar-refractivity contribution in [3.63, 3.8) is 0 Å². The molecule has 0 aliphatic rings. The molecule has 0 fully saturated rings. The van der Waals surface area contributed by atoms with Crippen LogP contribution in [0.2, 0.25) is 0 Å². The van der Waals surface area contributed by atoms with E-state index in [1.165, 1.54) is 5.41 Å². The SMILES string of the molecule is CC(C)C[C@@H](/C=C/S(=O)(=O)c1ccccc1)NC(=O)c1cccc2cccnc12. The first-order chi connectivity index (χ1) is 13.9. The summed E-state index contributed by atoms with van der Waals surface area (Å²) in [5, 5.41) is 5.01. The highest BCUT2D eigenvalue weighted by atomic mass is 32.2. The van der Waals surface area contributed by atoms with Gasteiger partial charge >= 0.3 is 0 Å². The number of rotatable bonds is 7. The van der Waals surface area contributed by atoms with E-state index in [9.17, 15) is 13.2 Å². The quantitative estimate of drug-likeness (QED) is 0.630. The van der Waals surface area contributed by atoms with Gasteiger partial charge in [0, 0.05) is 23.0 Å². The number of fused-ring (bicyclic) bond motifs is 1. The molecule has 1 amide bonds. The third-order valence-corrected chi connectivity index (χ3v) is 5.93. The van der Waals surface area contributed by atoms with Crippen molar-refractivity contribution in [2.45, 2.75) is 31.2 Å². The van der Waals surface area contributed by atoms with Crippen LogP contribution < -0.4 is 5.32 Å². The monoisotopic (exact) mass is 408 g/mol. The maximum atomic E-state index is 12.9. The van der Waals surface area contributed by atoms with E-state index >= 15 is 0 Å². The van der Waals surface area contributed by atoms with E-state index in [1.807, 2.05) is 38.1 Å². The van der Waals surface area contributed by atoms with Gasteiger partial charge < -0.3 is 5.32 Å². The molecule has 0 unspecified atom stereocenters. The Morgan fingerprint density at radius 1 is 1.03 bits per heavy atom. The van der Waals surface area contributed by atoms with Gasteiger partial charge in [0.2, 0.25) is 0 Å². The summed E-state index contributed by atoms with van der Waals surface area (Å²) in [7, 11) is -3.57. The van der Waals surface area contributed by atoms with Crippen molar-refractivity contribution in [1.82, 2.24) is 10.3 Å². The van der Waals surface area contributed by atoms with E-state index in [0.29, 0.717) is 17.5 Å². The number of hydrogen-bond acceptors (Lipinski definition) is 4. The predicted octanol–water partition coefficient (Wildman–Crippen LogP) is 4.37. The number of nitrogens with zero attached hydrogens (tertiary/aromatic N) is 1. The Kier molecular flexibility index (Phi) is 6.44. The van der Waals surface area contributed by atoms with E-state index in [-0.39, 0.29) is 16.7 Å². The van der Waals surface area contributed by atoms with Crippen LogP contribution in [-0.2, 0) is 9.84 Å². The fourth-order valence-corrected chi connectivity index (χ4v) is 4.20. The second kappa shape index (κ2) is 9.01. The van der Waals surface area contributed by atoms with Crippen molar-refractivity contribution in [3.05, 3.63) is 83.9 Å². The third-order valence-electron chi connectivity index (χ3n) is 4.48. The van der Waals surface area contributed by atoms with Crippen LogP contribution in [0.5, 0.6) is 0 Å². The summed E-state index contributed by atoms with van der Waals surface area (Å²) in [6, 6.07) is 17.0. The van der Waals surface area contributed by atoms with E-state index in [1.54, 1.807) is 48.7 Å². The molecule has 2 aromatic carbocycles. The zero-order valence-electron chi connectivity index (χ0n) is 16.4. The highest BCUT2D eigenvalue weighted by Gasteiger charge is 2.17. The fraction of sp³-hybridized carbons (Fsp3) is 0.217. The second-order valence-corrected chi connectivity index (χ2v) is 9.11. The lowest BCUT2D eigenvalue weighted by Crippen LogP contribution is -2.34. The average Bonchev–Trinajstić information content (AvgIpc) is 2.72. The van der Waals surface area contributed by atoms with Crippen LogP contribution in [0.25, 0.3) is 10.9 Å². The minimum atomic E-state index is -3.57. The summed E-state index contributed by atoms with van der Waals surface area (Å²) < 4.78 is 25.1. The number of carbonyl (C=O) groups is 1. The average molecular weight is 409 g/mol. The summed E-state index contributed by atoms with van der Waals surface area (Å²) in [6.07, 6.45) is 3.82. The lowest BCUT2D eigenvalue weighted by molar-refractivity contribution is 0.0942. The topological polar surface area (TPSA) is 76.1 Å². The van der Waals surface area contributed by atoms with Gasteiger partial charge in [0.1, 0.15) is 0 Å². The standard InChI is InChI=1S/C23H24N2O3S/c1-17(2)16-19(13-15-29(27,28)20-10-4-3-5-11-20)25-23(26)21-12-6-8-18-9-7-14-24-22(18)21/h3-15,17,19H,16H2,1-2H3,(H,25,26)/b15-13+/t19-/m1/s1.